The number of fused-ring (bicyclic) bond motifs is 1. The summed E-state index contributed by atoms with van der Waals surface area (Å²) in [5.41, 5.74) is 8.78. The first-order chi connectivity index (χ1) is 13.4. The second-order valence-corrected chi connectivity index (χ2v) is 8.58. The third-order valence-electron chi connectivity index (χ3n) is 5.38. The van der Waals surface area contributed by atoms with Gasteiger partial charge in [0.15, 0.2) is 0 Å². The van der Waals surface area contributed by atoms with Crippen molar-refractivity contribution in [3.63, 3.8) is 0 Å². The molecule has 4 rings (SSSR count). The third-order valence-corrected chi connectivity index (χ3v) is 6.52. The fourth-order valence-corrected chi connectivity index (χ4v) is 4.87. The average molecular weight is 397 g/mol. The Morgan fingerprint density at radius 3 is 2.71 bits per heavy atom. The Kier molecular flexibility index (Phi) is 4.93. The standard InChI is InChI=1S/C21H24N4O2S/c1-13-5-7-15(8-6-13)11-25-21-17(14(2)23-25)10-18(28-21)20(27)24-9-3-4-16(12-24)19(22)26/h5-8,10,16H,3-4,9,11-12H2,1-2H3,(H2,22,26). The van der Waals surface area contributed by atoms with Gasteiger partial charge >= 0.3 is 0 Å². The molecule has 146 valence electrons. The molecule has 28 heavy (non-hydrogen) atoms. The number of benzene rings is 1. The number of nitrogens with two attached hydrogens (primary N) is 1. The molecular weight excluding hydrogens is 372 g/mol. The predicted octanol–water partition coefficient (Wildman–Crippen LogP) is 3.10. The molecule has 2 N–H and O–H groups in total. The third kappa shape index (κ3) is 3.54. The first-order valence-electron chi connectivity index (χ1n) is 9.53. The number of nitrogens with zero attached hydrogens (tertiary/aromatic N) is 3. The maximum absolute atomic E-state index is 13.0. The van der Waals surface area contributed by atoms with Crippen LogP contribution in [-0.4, -0.2) is 39.6 Å². The molecule has 2 aromatic heterocycles. The summed E-state index contributed by atoms with van der Waals surface area (Å²) in [5.74, 6) is -0.585. The molecule has 0 radical (unpaired) electrons. The van der Waals surface area contributed by atoms with Gasteiger partial charge < -0.3 is 10.6 Å². The summed E-state index contributed by atoms with van der Waals surface area (Å²) in [6.45, 7) is 5.80. The number of carbonyl (C=O) groups is 2. The number of thiophene rings is 1. The molecule has 1 fully saturated rings. The van der Waals surface area contributed by atoms with E-state index in [0.717, 1.165) is 28.8 Å². The lowest BCUT2D eigenvalue weighted by atomic mass is 9.97. The summed E-state index contributed by atoms with van der Waals surface area (Å²) in [6, 6.07) is 10.3. The van der Waals surface area contributed by atoms with Crippen molar-refractivity contribution in [1.82, 2.24) is 14.7 Å². The first kappa shape index (κ1) is 18.7. The molecule has 1 atom stereocenters. The minimum Gasteiger partial charge on any atom is -0.369 e. The van der Waals surface area contributed by atoms with Gasteiger partial charge in [0.05, 0.1) is 23.0 Å². The zero-order valence-electron chi connectivity index (χ0n) is 16.1. The Bertz CT molecular complexity index is 1030. The molecule has 1 saturated heterocycles. The Morgan fingerprint density at radius 1 is 1.25 bits per heavy atom. The van der Waals surface area contributed by atoms with E-state index in [2.05, 4.69) is 36.3 Å². The molecule has 0 bridgehead atoms. The van der Waals surface area contributed by atoms with Gasteiger partial charge in [-0.15, -0.1) is 11.3 Å². The predicted molar refractivity (Wildman–Crippen MR) is 110 cm³/mol. The molecule has 1 aliphatic heterocycles. The normalized spacial score (nSPS) is 17.2. The number of likely N-dealkylation sites (tertiary alicyclic amines) is 1. The lowest BCUT2D eigenvalue weighted by molar-refractivity contribution is -0.123. The molecule has 7 heteroatoms. The lowest BCUT2D eigenvalue weighted by Gasteiger charge is -2.30. The van der Waals surface area contributed by atoms with Crippen LogP contribution in [0.2, 0.25) is 0 Å². The second kappa shape index (κ2) is 7.39. The van der Waals surface area contributed by atoms with Crippen LogP contribution >= 0.6 is 11.3 Å². The van der Waals surface area contributed by atoms with Crippen molar-refractivity contribution in [3.8, 4) is 0 Å². The summed E-state index contributed by atoms with van der Waals surface area (Å²) >= 11 is 1.47. The van der Waals surface area contributed by atoms with Gasteiger partial charge in [-0.1, -0.05) is 29.8 Å². The van der Waals surface area contributed by atoms with Crippen LogP contribution in [-0.2, 0) is 11.3 Å². The fourth-order valence-electron chi connectivity index (χ4n) is 3.74. The van der Waals surface area contributed by atoms with Crippen LogP contribution in [0.4, 0.5) is 0 Å². The van der Waals surface area contributed by atoms with Gasteiger partial charge in [-0.2, -0.15) is 5.10 Å². The number of piperidine rings is 1. The highest BCUT2D eigenvalue weighted by Crippen LogP contribution is 2.30. The fraction of sp³-hybridized carbons (Fsp3) is 0.381. The number of rotatable bonds is 4. The van der Waals surface area contributed by atoms with Crippen molar-refractivity contribution in [2.24, 2.45) is 11.7 Å². The van der Waals surface area contributed by atoms with Gasteiger partial charge in [0.25, 0.3) is 5.91 Å². The molecule has 1 unspecified atom stereocenters. The van der Waals surface area contributed by atoms with E-state index in [1.165, 1.54) is 22.5 Å². The van der Waals surface area contributed by atoms with Gasteiger partial charge in [0.1, 0.15) is 4.83 Å². The minimum atomic E-state index is -0.321. The summed E-state index contributed by atoms with van der Waals surface area (Å²) < 4.78 is 1.97. The Hall–Kier alpha value is -2.67. The van der Waals surface area contributed by atoms with Crippen LogP contribution in [0.5, 0.6) is 0 Å². The van der Waals surface area contributed by atoms with Crippen LogP contribution in [0, 0.1) is 19.8 Å². The number of aryl methyl sites for hydroxylation is 2. The number of hydrogen-bond donors (Lipinski definition) is 1. The van der Waals surface area contributed by atoms with E-state index in [-0.39, 0.29) is 17.7 Å². The SMILES string of the molecule is Cc1ccc(Cn2nc(C)c3cc(C(=O)N4CCCC(C(N)=O)C4)sc32)cc1. The monoisotopic (exact) mass is 396 g/mol. The van der Waals surface area contributed by atoms with E-state index >= 15 is 0 Å². The summed E-state index contributed by atoms with van der Waals surface area (Å²) in [5, 5.41) is 5.67. The van der Waals surface area contributed by atoms with Gasteiger partial charge in [-0.3, -0.25) is 14.3 Å². The van der Waals surface area contributed by atoms with Crippen LogP contribution in [0.1, 0.15) is 39.3 Å². The zero-order chi connectivity index (χ0) is 19.8. The number of primary amides is 1. The summed E-state index contributed by atoms with van der Waals surface area (Å²) in [4.78, 5) is 28.0. The highest BCUT2D eigenvalue weighted by Gasteiger charge is 2.29. The number of amides is 2. The summed E-state index contributed by atoms with van der Waals surface area (Å²) in [7, 11) is 0. The van der Waals surface area contributed by atoms with Crippen LogP contribution in [0.15, 0.2) is 30.3 Å². The number of carbonyl (C=O) groups excluding carboxylic acids is 2. The van der Waals surface area contributed by atoms with E-state index in [9.17, 15) is 9.59 Å². The van der Waals surface area contributed by atoms with Crippen molar-refractivity contribution in [1.29, 1.82) is 0 Å². The van der Waals surface area contributed by atoms with Crippen molar-refractivity contribution < 1.29 is 9.59 Å². The molecule has 3 heterocycles. The average Bonchev–Trinajstić information content (AvgIpc) is 3.24. The first-order valence-corrected chi connectivity index (χ1v) is 10.3. The quantitative estimate of drug-likeness (QED) is 0.736. The molecule has 0 spiro atoms. The molecule has 1 aliphatic rings. The van der Waals surface area contributed by atoms with Gasteiger partial charge in [-0.25, -0.2) is 0 Å². The second-order valence-electron chi connectivity index (χ2n) is 7.55. The van der Waals surface area contributed by atoms with Gasteiger partial charge in [0, 0.05) is 18.5 Å². The molecule has 6 nitrogen and oxygen atoms in total. The van der Waals surface area contributed by atoms with Gasteiger partial charge in [-0.05, 0) is 38.3 Å². The Labute approximate surface area is 167 Å². The van der Waals surface area contributed by atoms with E-state index in [4.69, 9.17) is 5.73 Å². The lowest BCUT2D eigenvalue weighted by Crippen LogP contribution is -2.43. The van der Waals surface area contributed by atoms with E-state index in [1.54, 1.807) is 4.90 Å². The maximum atomic E-state index is 13.0. The number of hydrogen-bond acceptors (Lipinski definition) is 4. The largest absolute Gasteiger partial charge is 0.369 e. The van der Waals surface area contributed by atoms with E-state index in [0.29, 0.717) is 24.5 Å². The number of aromatic nitrogens is 2. The molecule has 0 aliphatic carbocycles. The smallest absolute Gasteiger partial charge is 0.264 e. The highest BCUT2D eigenvalue weighted by molar-refractivity contribution is 7.20. The van der Waals surface area contributed by atoms with Crippen LogP contribution < -0.4 is 5.73 Å². The molecule has 2 amide bonds. The van der Waals surface area contributed by atoms with E-state index in [1.807, 2.05) is 17.7 Å². The van der Waals surface area contributed by atoms with Crippen LogP contribution in [0.3, 0.4) is 0 Å². The van der Waals surface area contributed by atoms with Gasteiger partial charge in [0.2, 0.25) is 5.91 Å². The van der Waals surface area contributed by atoms with Crippen molar-refractivity contribution in [2.45, 2.75) is 33.2 Å². The zero-order valence-corrected chi connectivity index (χ0v) is 17.0. The maximum Gasteiger partial charge on any atom is 0.264 e. The highest BCUT2D eigenvalue weighted by atomic mass is 32.1. The Balaban J connectivity index is 1.60. The van der Waals surface area contributed by atoms with Crippen LogP contribution in [0.25, 0.3) is 10.2 Å². The molecule has 3 aromatic rings. The van der Waals surface area contributed by atoms with E-state index < -0.39 is 0 Å². The van der Waals surface area contributed by atoms with Crippen molar-refractivity contribution >= 4 is 33.4 Å². The molecule has 0 saturated carbocycles. The Morgan fingerprint density at radius 2 is 2.00 bits per heavy atom. The molecular formula is C21H24N4O2S. The molecule has 1 aromatic carbocycles. The van der Waals surface area contributed by atoms with Crippen molar-refractivity contribution in [3.05, 3.63) is 52.0 Å². The topological polar surface area (TPSA) is 81.2 Å². The minimum absolute atomic E-state index is 0.0200. The summed E-state index contributed by atoms with van der Waals surface area (Å²) in [6.07, 6.45) is 1.57. The van der Waals surface area contributed by atoms with Crippen molar-refractivity contribution in [2.75, 3.05) is 13.1 Å².